The van der Waals surface area contributed by atoms with Crippen molar-refractivity contribution in [1.82, 2.24) is 5.32 Å². The second-order valence-corrected chi connectivity index (χ2v) is 7.75. The molecule has 0 radical (unpaired) electrons. The molecule has 2 rings (SSSR count). The van der Waals surface area contributed by atoms with Gasteiger partial charge in [-0.3, -0.25) is 9.52 Å². The summed E-state index contributed by atoms with van der Waals surface area (Å²) < 4.78 is 65.3. The molecule has 0 aliphatic carbocycles. The van der Waals surface area contributed by atoms with Crippen molar-refractivity contribution in [3.8, 4) is 5.75 Å². The fraction of sp³-hybridized carbons (Fsp3) is 0.278. The van der Waals surface area contributed by atoms with Crippen molar-refractivity contribution < 1.29 is 31.1 Å². The Hall–Kier alpha value is -2.75. The van der Waals surface area contributed by atoms with Gasteiger partial charge in [0.1, 0.15) is 5.75 Å². The van der Waals surface area contributed by atoms with E-state index in [1.54, 1.807) is 24.3 Å². The quantitative estimate of drug-likeness (QED) is 0.693. The molecule has 28 heavy (non-hydrogen) atoms. The van der Waals surface area contributed by atoms with Crippen molar-refractivity contribution >= 4 is 21.6 Å². The molecule has 0 spiro atoms. The molecule has 0 atom stereocenters. The van der Waals surface area contributed by atoms with E-state index in [1.807, 2.05) is 0 Å². The van der Waals surface area contributed by atoms with E-state index in [4.69, 9.17) is 0 Å². The number of ether oxygens (including phenoxy) is 1. The highest BCUT2D eigenvalue weighted by Crippen LogP contribution is 2.22. The van der Waals surface area contributed by atoms with Gasteiger partial charge < -0.3 is 10.1 Å². The van der Waals surface area contributed by atoms with Crippen LogP contribution in [0.3, 0.4) is 0 Å². The first-order valence-electron chi connectivity index (χ1n) is 8.19. The summed E-state index contributed by atoms with van der Waals surface area (Å²) >= 11 is 0. The lowest BCUT2D eigenvalue weighted by molar-refractivity contribution is -0.274. The fourth-order valence-electron chi connectivity index (χ4n) is 2.41. The molecule has 2 aromatic rings. The molecule has 2 aromatic carbocycles. The van der Waals surface area contributed by atoms with Crippen molar-refractivity contribution in [2.45, 2.75) is 19.2 Å². The van der Waals surface area contributed by atoms with Crippen molar-refractivity contribution in [1.29, 1.82) is 0 Å². The molecular formula is C18H19F3N2O4S. The van der Waals surface area contributed by atoms with E-state index in [0.29, 0.717) is 17.7 Å². The molecule has 0 heterocycles. The van der Waals surface area contributed by atoms with Gasteiger partial charge in [-0.25, -0.2) is 8.42 Å². The van der Waals surface area contributed by atoms with Gasteiger partial charge in [-0.1, -0.05) is 30.3 Å². The molecule has 0 aromatic heterocycles. The minimum atomic E-state index is -4.74. The third-order valence-corrected chi connectivity index (χ3v) is 4.15. The molecular weight excluding hydrogens is 397 g/mol. The molecule has 6 nitrogen and oxygen atoms in total. The summed E-state index contributed by atoms with van der Waals surface area (Å²) in [6.45, 7) is 0.278. The highest BCUT2D eigenvalue weighted by molar-refractivity contribution is 7.92. The van der Waals surface area contributed by atoms with Crippen LogP contribution in [0.4, 0.5) is 18.9 Å². The van der Waals surface area contributed by atoms with Crippen LogP contribution in [0.5, 0.6) is 5.75 Å². The zero-order chi connectivity index (χ0) is 20.8. The number of hydrogen-bond donors (Lipinski definition) is 2. The monoisotopic (exact) mass is 416 g/mol. The first kappa shape index (κ1) is 21.5. The number of hydrogen-bond acceptors (Lipinski definition) is 4. The van der Waals surface area contributed by atoms with E-state index in [9.17, 15) is 26.4 Å². The van der Waals surface area contributed by atoms with Gasteiger partial charge in [-0.15, -0.1) is 13.2 Å². The average Bonchev–Trinajstić information content (AvgIpc) is 2.56. The number of benzene rings is 2. The molecule has 2 N–H and O–H groups in total. The number of amides is 1. The van der Waals surface area contributed by atoms with Crippen LogP contribution in [0, 0.1) is 0 Å². The molecule has 10 heteroatoms. The van der Waals surface area contributed by atoms with E-state index < -0.39 is 16.4 Å². The van der Waals surface area contributed by atoms with Crippen molar-refractivity contribution in [3.63, 3.8) is 0 Å². The second-order valence-electron chi connectivity index (χ2n) is 6.00. The summed E-state index contributed by atoms with van der Waals surface area (Å²) in [5.41, 5.74) is 1.59. The number of carbonyl (C=O) groups excluding carboxylic acids is 1. The lowest BCUT2D eigenvalue weighted by Crippen LogP contribution is -2.27. The molecule has 0 aliphatic heterocycles. The molecule has 0 fully saturated rings. The summed E-state index contributed by atoms with van der Waals surface area (Å²) in [4.78, 5) is 12.1. The lowest BCUT2D eigenvalue weighted by atomic mass is 10.1. The van der Waals surface area contributed by atoms with Gasteiger partial charge in [0.25, 0.3) is 0 Å². The molecule has 0 aliphatic rings. The van der Waals surface area contributed by atoms with Gasteiger partial charge in [0, 0.05) is 6.54 Å². The Bertz CT molecular complexity index is 913. The van der Waals surface area contributed by atoms with Crippen molar-refractivity contribution in [3.05, 3.63) is 59.7 Å². The van der Waals surface area contributed by atoms with Crippen LogP contribution in [0.15, 0.2) is 48.5 Å². The van der Waals surface area contributed by atoms with E-state index in [0.717, 1.165) is 11.8 Å². The van der Waals surface area contributed by atoms with Crippen molar-refractivity contribution in [2.75, 3.05) is 17.5 Å². The van der Waals surface area contributed by atoms with E-state index >= 15 is 0 Å². The molecule has 0 unspecified atom stereocenters. The van der Waals surface area contributed by atoms with E-state index in [2.05, 4.69) is 14.8 Å². The minimum Gasteiger partial charge on any atom is -0.406 e. The van der Waals surface area contributed by atoms with E-state index in [1.165, 1.54) is 24.3 Å². The molecule has 0 saturated heterocycles. The highest BCUT2D eigenvalue weighted by Gasteiger charge is 2.30. The Morgan fingerprint density at radius 2 is 1.71 bits per heavy atom. The number of rotatable bonds is 8. The summed E-state index contributed by atoms with van der Waals surface area (Å²) in [6.07, 6.45) is -3.31. The second kappa shape index (κ2) is 8.96. The van der Waals surface area contributed by atoms with Crippen LogP contribution in [-0.2, 0) is 27.7 Å². The normalized spacial score (nSPS) is 11.7. The van der Waals surface area contributed by atoms with Crippen LogP contribution in [-0.4, -0.2) is 33.5 Å². The molecule has 152 valence electrons. The zero-order valence-corrected chi connectivity index (χ0v) is 15.7. The number of para-hydroxylation sites is 1. The average molecular weight is 416 g/mol. The molecule has 1 amide bonds. The Kier molecular flexibility index (Phi) is 6.90. The Balaban J connectivity index is 1.85. The number of alkyl halides is 3. The standard InChI is InChI=1S/C18H19F3N2O4S/c1-28(25,26)23-16-5-3-2-4-14(16)12-17(24)22-11-10-13-6-8-15(9-7-13)27-18(19,20)21/h2-9,23H,10-12H2,1H3,(H,22,24). The summed E-state index contributed by atoms with van der Waals surface area (Å²) in [5.74, 6) is -0.616. The SMILES string of the molecule is CS(=O)(=O)Nc1ccccc1CC(=O)NCCc1ccc(OC(F)(F)F)cc1. The number of carbonyl (C=O) groups is 1. The van der Waals surface area contributed by atoms with Gasteiger partial charge in [-0.2, -0.15) is 0 Å². The fourth-order valence-corrected chi connectivity index (χ4v) is 3.01. The number of sulfonamides is 1. The van der Waals surface area contributed by atoms with Crippen LogP contribution in [0.2, 0.25) is 0 Å². The highest BCUT2D eigenvalue weighted by atomic mass is 32.2. The van der Waals surface area contributed by atoms with E-state index in [-0.39, 0.29) is 24.6 Å². The van der Waals surface area contributed by atoms with Crippen molar-refractivity contribution in [2.24, 2.45) is 0 Å². The maximum Gasteiger partial charge on any atom is 0.573 e. The first-order valence-corrected chi connectivity index (χ1v) is 10.1. The third kappa shape index (κ3) is 7.87. The lowest BCUT2D eigenvalue weighted by Gasteiger charge is -2.11. The van der Waals surface area contributed by atoms with Crippen LogP contribution in [0.25, 0.3) is 0 Å². The van der Waals surface area contributed by atoms with Gasteiger partial charge >= 0.3 is 6.36 Å². The number of anilines is 1. The largest absolute Gasteiger partial charge is 0.573 e. The van der Waals surface area contributed by atoms with Gasteiger partial charge in [0.2, 0.25) is 15.9 Å². The maximum atomic E-state index is 12.1. The molecule has 0 bridgehead atoms. The predicted octanol–water partition coefficient (Wildman–Crippen LogP) is 2.86. The predicted molar refractivity (Wildman–Crippen MR) is 98.5 cm³/mol. The smallest absolute Gasteiger partial charge is 0.406 e. The minimum absolute atomic E-state index is 0.0168. The summed E-state index contributed by atoms with van der Waals surface area (Å²) in [7, 11) is -3.47. The number of halogens is 3. The Morgan fingerprint density at radius 1 is 1.07 bits per heavy atom. The first-order chi connectivity index (χ1) is 13.0. The van der Waals surface area contributed by atoms with Crippen LogP contribution in [0.1, 0.15) is 11.1 Å². The summed E-state index contributed by atoms with van der Waals surface area (Å²) in [6, 6.07) is 11.9. The molecule has 0 saturated carbocycles. The van der Waals surface area contributed by atoms with Crippen LogP contribution >= 0.6 is 0 Å². The Morgan fingerprint density at radius 3 is 2.32 bits per heavy atom. The van der Waals surface area contributed by atoms with Gasteiger partial charge in [0.15, 0.2) is 0 Å². The third-order valence-electron chi connectivity index (χ3n) is 3.56. The zero-order valence-electron chi connectivity index (χ0n) is 14.9. The maximum absolute atomic E-state index is 12.1. The topological polar surface area (TPSA) is 84.5 Å². The number of nitrogens with one attached hydrogen (secondary N) is 2. The van der Waals surface area contributed by atoms with Gasteiger partial charge in [-0.05, 0) is 35.7 Å². The Labute approximate surface area is 160 Å². The van der Waals surface area contributed by atoms with Crippen LogP contribution < -0.4 is 14.8 Å². The summed E-state index contributed by atoms with van der Waals surface area (Å²) in [5, 5.41) is 2.70. The van der Waals surface area contributed by atoms with Gasteiger partial charge in [0.05, 0.1) is 18.4 Å².